The van der Waals surface area contributed by atoms with Crippen LogP contribution in [-0.2, 0) is 11.3 Å². The Balaban J connectivity index is 2.08. The fraction of sp³-hybridized carbons (Fsp3) is 0.538. The van der Waals surface area contributed by atoms with Gasteiger partial charge in [-0.05, 0) is 25.0 Å². The third-order valence-electron chi connectivity index (χ3n) is 2.99. The molecular weight excluding hydrogens is 250 g/mol. The molecule has 0 aromatic carbocycles. The number of aromatic nitrogens is 1. The number of rotatable bonds is 5. The van der Waals surface area contributed by atoms with Crippen LogP contribution in [0.5, 0.6) is 0 Å². The largest absolute Gasteiger partial charge is 0.370 e. The molecule has 0 radical (unpaired) electrons. The van der Waals surface area contributed by atoms with E-state index in [1.807, 2.05) is 17.0 Å². The van der Waals surface area contributed by atoms with Gasteiger partial charge < -0.3 is 10.2 Å². The van der Waals surface area contributed by atoms with E-state index in [9.17, 15) is 4.79 Å². The molecule has 2 rings (SSSR count). The zero-order chi connectivity index (χ0) is 13.0. The van der Waals surface area contributed by atoms with E-state index in [-0.39, 0.29) is 5.91 Å². The Kier molecular flexibility index (Phi) is 4.42. The smallest absolute Gasteiger partial charge is 0.222 e. The van der Waals surface area contributed by atoms with Crippen LogP contribution in [0.4, 0.5) is 5.82 Å². The van der Waals surface area contributed by atoms with Crippen molar-refractivity contribution in [3.8, 4) is 0 Å². The lowest BCUT2D eigenvalue weighted by Gasteiger charge is -2.16. The summed E-state index contributed by atoms with van der Waals surface area (Å²) >= 11 is 6.13. The summed E-state index contributed by atoms with van der Waals surface area (Å²) in [5.41, 5.74) is 0.771. The Bertz CT molecular complexity index is 436. The summed E-state index contributed by atoms with van der Waals surface area (Å²) in [7, 11) is 0. The van der Waals surface area contributed by atoms with Gasteiger partial charge in [-0.1, -0.05) is 18.5 Å². The molecule has 98 valence electrons. The normalized spacial score (nSPS) is 15.2. The number of halogens is 1. The summed E-state index contributed by atoms with van der Waals surface area (Å²) in [5, 5.41) is 3.85. The lowest BCUT2D eigenvalue weighted by Crippen LogP contribution is -2.24. The maximum absolute atomic E-state index is 11.6. The molecule has 0 spiro atoms. The maximum atomic E-state index is 11.6. The monoisotopic (exact) mass is 267 g/mol. The van der Waals surface area contributed by atoms with Crippen molar-refractivity contribution in [1.82, 2.24) is 9.88 Å². The van der Waals surface area contributed by atoms with Gasteiger partial charge in [0, 0.05) is 19.5 Å². The van der Waals surface area contributed by atoms with Crippen LogP contribution in [0, 0.1) is 0 Å². The number of nitrogens with zero attached hydrogens (tertiary/aromatic N) is 2. The average Bonchev–Trinajstić information content (AvgIpc) is 2.76. The van der Waals surface area contributed by atoms with E-state index in [1.54, 1.807) is 0 Å². The highest BCUT2D eigenvalue weighted by atomic mass is 35.5. The molecule has 1 amide bonds. The molecule has 0 aliphatic carbocycles. The lowest BCUT2D eigenvalue weighted by molar-refractivity contribution is -0.128. The molecule has 1 aliphatic heterocycles. The Morgan fingerprint density at radius 3 is 3.00 bits per heavy atom. The second-order valence-electron chi connectivity index (χ2n) is 4.47. The van der Waals surface area contributed by atoms with Crippen molar-refractivity contribution in [2.75, 3.05) is 18.4 Å². The number of hydrogen-bond acceptors (Lipinski definition) is 3. The van der Waals surface area contributed by atoms with Crippen LogP contribution in [0.1, 0.15) is 31.9 Å². The van der Waals surface area contributed by atoms with Gasteiger partial charge in [-0.3, -0.25) is 4.79 Å². The van der Waals surface area contributed by atoms with Gasteiger partial charge >= 0.3 is 0 Å². The van der Waals surface area contributed by atoms with E-state index >= 15 is 0 Å². The van der Waals surface area contributed by atoms with Crippen molar-refractivity contribution < 1.29 is 4.79 Å². The van der Waals surface area contributed by atoms with Gasteiger partial charge in [-0.25, -0.2) is 4.98 Å². The Morgan fingerprint density at radius 2 is 2.33 bits per heavy atom. The highest BCUT2D eigenvalue weighted by molar-refractivity contribution is 6.31. The first kappa shape index (κ1) is 13.1. The molecule has 4 nitrogen and oxygen atoms in total. The number of anilines is 1. The van der Waals surface area contributed by atoms with Gasteiger partial charge in [0.15, 0.2) is 0 Å². The van der Waals surface area contributed by atoms with E-state index < -0.39 is 0 Å². The van der Waals surface area contributed by atoms with E-state index in [4.69, 9.17) is 11.6 Å². The van der Waals surface area contributed by atoms with Gasteiger partial charge in [-0.2, -0.15) is 0 Å². The minimum Gasteiger partial charge on any atom is -0.370 e. The molecule has 1 fully saturated rings. The third kappa shape index (κ3) is 3.13. The van der Waals surface area contributed by atoms with Crippen LogP contribution < -0.4 is 5.32 Å². The predicted octanol–water partition coefficient (Wildman–Crippen LogP) is 2.68. The van der Waals surface area contributed by atoms with E-state index in [2.05, 4.69) is 17.2 Å². The Hall–Kier alpha value is -1.29. The molecule has 0 atom stereocenters. The van der Waals surface area contributed by atoms with Crippen molar-refractivity contribution in [3.05, 3.63) is 22.8 Å². The van der Waals surface area contributed by atoms with Gasteiger partial charge in [0.1, 0.15) is 5.82 Å². The van der Waals surface area contributed by atoms with Gasteiger partial charge in [0.2, 0.25) is 5.91 Å². The molecule has 18 heavy (non-hydrogen) atoms. The zero-order valence-corrected chi connectivity index (χ0v) is 11.3. The number of nitrogens with one attached hydrogen (secondary N) is 1. The van der Waals surface area contributed by atoms with Crippen LogP contribution in [0.25, 0.3) is 0 Å². The third-order valence-corrected chi connectivity index (χ3v) is 3.33. The van der Waals surface area contributed by atoms with Crippen molar-refractivity contribution in [2.45, 2.75) is 32.7 Å². The zero-order valence-electron chi connectivity index (χ0n) is 10.6. The number of likely N-dealkylation sites (tertiary alicyclic amines) is 1. The summed E-state index contributed by atoms with van der Waals surface area (Å²) in [6, 6.07) is 3.70. The van der Waals surface area contributed by atoms with Crippen LogP contribution in [-0.4, -0.2) is 28.9 Å². The van der Waals surface area contributed by atoms with Gasteiger partial charge in [0.05, 0.1) is 17.3 Å². The standard InChI is InChI=1S/C13H18ClN3O/c1-2-7-15-12-6-5-10(14)11(16-12)9-17-8-3-4-13(17)18/h5-6H,2-4,7-9H2,1H3,(H,15,16). The summed E-state index contributed by atoms with van der Waals surface area (Å²) < 4.78 is 0. The number of carbonyl (C=O) groups is 1. The SMILES string of the molecule is CCCNc1ccc(Cl)c(CN2CCCC2=O)n1. The first-order chi connectivity index (χ1) is 8.70. The number of carbonyl (C=O) groups excluding carboxylic acids is 1. The lowest BCUT2D eigenvalue weighted by atomic mass is 10.3. The molecule has 1 aromatic heterocycles. The predicted molar refractivity (Wildman–Crippen MR) is 72.7 cm³/mol. The minimum absolute atomic E-state index is 0.194. The fourth-order valence-corrected chi connectivity index (χ4v) is 2.16. The number of hydrogen-bond donors (Lipinski definition) is 1. The van der Waals surface area contributed by atoms with E-state index in [1.165, 1.54) is 0 Å². The summed E-state index contributed by atoms with van der Waals surface area (Å²) in [6.45, 7) is 4.31. The first-order valence-corrected chi connectivity index (χ1v) is 6.75. The quantitative estimate of drug-likeness (QED) is 0.892. The summed E-state index contributed by atoms with van der Waals surface area (Å²) in [6.07, 6.45) is 2.62. The van der Waals surface area contributed by atoms with Gasteiger partial charge in [-0.15, -0.1) is 0 Å². The van der Waals surface area contributed by atoms with Crippen molar-refractivity contribution >= 4 is 23.3 Å². The van der Waals surface area contributed by atoms with E-state index in [0.717, 1.165) is 37.4 Å². The molecule has 5 heteroatoms. The molecule has 0 unspecified atom stereocenters. The second kappa shape index (κ2) is 6.05. The molecule has 1 saturated heterocycles. The van der Waals surface area contributed by atoms with Crippen LogP contribution in [0.2, 0.25) is 5.02 Å². The van der Waals surface area contributed by atoms with Gasteiger partial charge in [0.25, 0.3) is 0 Å². The number of amides is 1. The summed E-state index contributed by atoms with van der Waals surface area (Å²) in [5.74, 6) is 1.02. The summed E-state index contributed by atoms with van der Waals surface area (Å²) in [4.78, 5) is 17.9. The number of pyridine rings is 1. The van der Waals surface area contributed by atoms with Crippen molar-refractivity contribution in [3.63, 3.8) is 0 Å². The highest BCUT2D eigenvalue weighted by Gasteiger charge is 2.21. The van der Waals surface area contributed by atoms with Crippen molar-refractivity contribution in [2.24, 2.45) is 0 Å². The minimum atomic E-state index is 0.194. The molecule has 1 aromatic rings. The first-order valence-electron chi connectivity index (χ1n) is 6.37. The second-order valence-corrected chi connectivity index (χ2v) is 4.88. The molecule has 1 N–H and O–H groups in total. The molecule has 1 aliphatic rings. The van der Waals surface area contributed by atoms with Crippen LogP contribution >= 0.6 is 11.6 Å². The highest BCUT2D eigenvalue weighted by Crippen LogP contribution is 2.21. The Morgan fingerprint density at radius 1 is 1.50 bits per heavy atom. The van der Waals surface area contributed by atoms with Crippen molar-refractivity contribution in [1.29, 1.82) is 0 Å². The fourth-order valence-electron chi connectivity index (χ4n) is 2.00. The maximum Gasteiger partial charge on any atom is 0.222 e. The van der Waals surface area contributed by atoms with Crippen LogP contribution in [0.15, 0.2) is 12.1 Å². The van der Waals surface area contributed by atoms with E-state index in [0.29, 0.717) is 18.0 Å². The topological polar surface area (TPSA) is 45.2 Å². The molecular formula is C13H18ClN3O. The Labute approximate surface area is 112 Å². The van der Waals surface area contributed by atoms with Crippen LogP contribution in [0.3, 0.4) is 0 Å². The average molecular weight is 268 g/mol. The molecule has 2 heterocycles. The molecule has 0 bridgehead atoms. The molecule has 0 saturated carbocycles.